The first-order valence-corrected chi connectivity index (χ1v) is 8.63. The van der Waals surface area contributed by atoms with E-state index in [9.17, 15) is 9.18 Å². The quantitative estimate of drug-likeness (QED) is 0.379. The van der Waals surface area contributed by atoms with E-state index in [1.54, 1.807) is 0 Å². The molecule has 0 aromatic heterocycles. The zero-order valence-electron chi connectivity index (χ0n) is 15.1. The van der Waals surface area contributed by atoms with Gasteiger partial charge in [-0.15, -0.1) is 6.58 Å². The lowest BCUT2D eigenvalue weighted by Gasteiger charge is -2.31. The van der Waals surface area contributed by atoms with Crippen LogP contribution < -0.4 is 10.2 Å². The molecule has 0 spiro atoms. The summed E-state index contributed by atoms with van der Waals surface area (Å²) in [5.41, 5.74) is 2.72. The Morgan fingerprint density at radius 2 is 1.88 bits per heavy atom. The molecule has 2 aromatic carbocycles. The van der Waals surface area contributed by atoms with E-state index >= 15 is 0 Å². The number of amides is 1. The fraction of sp³-hybridized carbons (Fsp3) is 0.286. The predicted molar refractivity (Wildman–Crippen MR) is 99.2 cm³/mol. The van der Waals surface area contributed by atoms with E-state index in [2.05, 4.69) is 20.4 Å². The maximum Gasteiger partial charge on any atom is 0.274 e. The topological polar surface area (TPSA) is 58.6 Å². The molecule has 26 heavy (non-hydrogen) atoms. The van der Waals surface area contributed by atoms with Crippen molar-refractivity contribution in [3.63, 3.8) is 0 Å². The normalized spacial score (nSPS) is 11.1. The van der Waals surface area contributed by atoms with Crippen molar-refractivity contribution in [1.82, 2.24) is 5.48 Å². The Hall–Kier alpha value is -2.66. The number of nitrogens with one attached hydrogen (secondary N) is 1. The van der Waals surface area contributed by atoms with E-state index in [0.717, 1.165) is 25.3 Å². The number of benzene rings is 2. The summed E-state index contributed by atoms with van der Waals surface area (Å²) in [5.74, 6) is -0.946. The number of ether oxygens (including phenoxy) is 1. The van der Waals surface area contributed by atoms with Crippen LogP contribution in [-0.4, -0.2) is 11.1 Å². The minimum absolute atomic E-state index is 0.00722. The van der Waals surface area contributed by atoms with Gasteiger partial charge < -0.3 is 4.74 Å². The molecular formula is C21H24FNO3. The molecule has 0 aliphatic heterocycles. The molecule has 5 heteroatoms. The zero-order valence-corrected chi connectivity index (χ0v) is 15.1. The van der Waals surface area contributed by atoms with Gasteiger partial charge in [0.1, 0.15) is 5.75 Å². The van der Waals surface area contributed by atoms with Crippen LogP contribution in [0.2, 0.25) is 0 Å². The first kappa shape index (κ1) is 19.7. The third-order valence-electron chi connectivity index (χ3n) is 4.88. The van der Waals surface area contributed by atoms with Crippen LogP contribution in [0.25, 0.3) is 0 Å². The van der Waals surface area contributed by atoms with Crippen LogP contribution in [-0.2, 0) is 5.41 Å². The monoisotopic (exact) mass is 357 g/mol. The van der Waals surface area contributed by atoms with Gasteiger partial charge in [0, 0.05) is 5.56 Å². The molecule has 0 aliphatic rings. The van der Waals surface area contributed by atoms with Gasteiger partial charge in [0.2, 0.25) is 0 Å². The molecule has 0 heterocycles. The Bertz CT molecular complexity index is 767. The van der Waals surface area contributed by atoms with Crippen LogP contribution in [0.4, 0.5) is 4.39 Å². The number of carbonyl (C=O) groups is 1. The van der Waals surface area contributed by atoms with Crippen molar-refractivity contribution >= 4 is 5.91 Å². The number of allylic oxidation sites excluding steroid dienone is 1. The number of halogens is 1. The molecule has 0 bridgehead atoms. The highest BCUT2D eigenvalue weighted by atomic mass is 19.1. The maximum absolute atomic E-state index is 14.1. The van der Waals surface area contributed by atoms with E-state index in [-0.39, 0.29) is 16.7 Å². The molecule has 2 N–H and O–H groups in total. The SMILES string of the molecule is C=CCC(CC)(CC)c1ccc(Oc2ccc(C(=O)NO)cc2F)cc1. The number of hydroxylamine groups is 1. The van der Waals surface area contributed by atoms with Gasteiger partial charge in [0.15, 0.2) is 11.6 Å². The number of carbonyl (C=O) groups excluding carboxylic acids is 1. The van der Waals surface area contributed by atoms with E-state index in [1.807, 2.05) is 30.3 Å². The van der Waals surface area contributed by atoms with E-state index in [0.29, 0.717) is 5.75 Å². The third-order valence-corrected chi connectivity index (χ3v) is 4.88. The molecular weight excluding hydrogens is 333 g/mol. The van der Waals surface area contributed by atoms with Crippen molar-refractivity contribution in [2.24, 2.45) is 0 Å². The Morgan fingerprint density at radius 3 is 2.38 bits per heavy atom. The summed E-state index contributed by atoms with van der Waals surface area (Å²) in [6.45, 7) is 8.19. The van der Waals surface area contributed by atoms with Crippen molar-refractivity contribution in [3.8, 4) is 11.5 Å². The second kappa shape index (κ2) is 8.63. The molecule has 0 aliphatic carbocycles. The maximum atomic E-state index is 14.1. The van der Waals surface area contributed by atoms with Crippen LogP contribution >= 0.6 is 0 Å². The van der Waals surface area contributed by atoms with Crippen molar-refractivity contribution < 1.29 is 19.1 Å². The molecule has 0 saturated carbocycles. The van der Waals surface area contributed by atoms with E-state index < -0.39 is 11.7 Å². The summed E-state index contributed by atoms with van der Waals surface area (Å²) in [7, 11) is 0. The van der Waals surface area contributed by atoms with Gasteiger partial charge in [-0.3, -0.25) is 10.0 Å². The van der Waals surface area contributed by atoms with Gasteiger partial charge in [0.05, 0.1) is 0 Å². The second-order valence-electron chi connectivity index (χ2n) is 6.19. The molecule has 0 atom stereocenters. The highest BCUT2D eigenvalue weighted by molar-refractivity contribution is 5.93. The molecule has 4 nitrogen and oxygen atoms in total. The van der Waals surface area contributed by atoms with E-state index in [1.165, 1.54) is 23.2 Å². The molecule has 0 unspecified atom stereocenters. The van der Waals surface area contributed by atoms with Gasteiger partial charge in [-0.25, -0.2) is 9.87 Å². The number of rotatable bonds is 8. The Balaban J connectivity index is 2.21. The highest BCUT2D eigenvalue weighted by Gasteiger charge is 2.26. The van der Waals surface area contributed by atoms with Crippen molar-refractivity contribution in [1.29, 1.82) is 0 Å². The first-order chi connectivity index (χ1) is 12.5. The summed E-state index contributed by atoms with van der Waals surface area (Å²) in [6.07, 6.45) is 4.83. The van der Waals surface area contributed by atoms with Crippen molar-refractivity contribution in [2.75, 3.05) is 0 Å². The molecule has 0 fully saturated rings. The largest absolute Gasteiger partial charge is 0.454 e. The molecule has 2 aromatic rings. The highest BCUT2D eigenvalue weighted by Crippen LogP contribution is 2.37. The lowest BCUT2D eigenvalue weighted by molar-refractivity contribution is 0.0706. The summed E-state index contributed by atoms with van der Waals surface area (Å²) in [5, 5.41) is 8.59. The van der Waals surface area contributed by atoms with Crippen LogP contribution in [0.15, 0.2) is 55.1 Å². The number of hydrogen-bond acceptors (Lipinski definition) is 3. The summed E-state index contributed by atoms with van der Waals surface area (Å²) in [4.78, 5) is 11.3. The summed E-state index contributed by atoms with van der Waals surface area (Å²) >= 11 is 0. The fourth-order valence-corrected chi connectivity index (χ4v) is 3.13. The molecule has 138 valence electrons. The summed E-state index contributed by atoms with van der Waals surface area (Å²) in [6, 6.07) is 11.4. The van der Waals surface area contributed by atoms with E-state index in [4.69, 9.17) is 9.94 Å². The average molecular weight is 357 g/mol. The molecule has 1 amide bonds. The summed E-state index contributed by atoms with van der Waals surface area (Å²) < 4.78 is 19.7. The average Bonchev–Trinajstić information content (AvgIpc) is 2.67. The van der Waals surface area contributed by atoms with Crippen molar-refractivity contribution in [3.05, 3.63) is 72.1 Å². The van der Waals surface area contributed by atoms with Crippen LogP contribution in [0.5, 0.6) is 11.5 Å². The smallest absolute Gasteiger partial charge is 0.274 e. The van der Waals surface area contributed by atoms with Crippen molar-refractivity contribution in [2.45, 2.75) is 38.5 Å². The fourth-order valence-electron chi connectivity index (χ4n) is 3.13. The minimum atomic E-state index is -0.780. The van der Waals surface area contributed by atoms with Gasteiger partial charge in [-0.05, 0) is 60.6 Å². The lowest BCUT2D eigenvalue weighted by atomic mass is 9.73. The standard InChI is InChI=1S/C21H24FNO3/c1-4-13-21(5-2,6-3)16-8-10-17(11-9-16)26-19-12-7-15(14-18(19)22)20(24)23-25/h4,7-12,14,25H,1,5-6,13H2,2-3H3,(H,23,24). The molecule has 0 saturated heterocycles. The Labute approximate surface area is 153 Å². The van der Waals surface area contributed by atoms with Gasteiger partial charge in [-0.2, -0.15) is 0 Å². The minimum Gasteiger partial charge on any atom is -0.454 e. The first-order valence-electron chi connectivity index (χ1n) is 8.63. The van der Waals surface area contributed by atoms with Gasteiger partial charge in [0.25, 0.3) is 5.91 Å². The second-order valence-corrected chi connectivity index (χ2v) is 6.19. The predicted octanol–water partition coefficient (Wildman–Crippen LogP) is 5.37. The van der Waals surface area contributed by atoms with Gasteiger partial charge in [-0.1, -0.05) is 32.1 Å². The zero-order chi connectivity index (χ0) is 19.2. The van der Waals surface area contributed by atoms with Gasteiger partial charge >= 0.3 is 0 Å². The third kappa shape index (κ3) is 4.11. The van der Waals surface area contributed by atoms with Crippen LogP contribution in [0.3, 0.4) is 0 Å². The number of hydrogen-bond donors (Lipinski definition) is 2. The van der Waals surface area contributed by atoms with Crippen LogP contribution in [0.1, 0.15) is 49.0 Å². The Morgan fingerprint density at radius 1 is 1.23 bits per heavy atom. The Kier molecular flexibility index (Phi) is 6.52. The molecule has 0 radical (unpaired) electrons. The van der Waals surface area contributed by atoms with Crippen LogP contribution in [0, 0.1) is 5.82 Å². The molecule has 2 rings (SSSR count). The lowest BCUT2D eigenvalue weighted by Crippen LogP contribution is -2.23.